The number of carbonyl (C=O) groups is 1. The summed E-state index contributed by atoms with van der Waals surface area (Å²) in [7, 11) is 1.53. The number of halogens is 2. The Hall–Kier alpha value is -3.35. The molecule has 1 saturated heterocycles. The van der Waals surface area contributed by atoms with Crippen molar-refractivity contribution < 1.29 is 28.5 Å². The van der Waals surface area contributed by atoms with E-state index < -0.39 is 24.8 Å². The van der Waals surface area contributed by atoms with Crippen LogP contribution < -0.4 is 9.47 Å². The molecule has 3 aromatic carbocycles. The molecule has 0 radical (unpaired) electrons. The van der Waals surface area contributed by atoms with E-state index in [1.54, 1.807) is 18.2 Å². The summed E-state index contributed by atoms with van der Waals surface area (Å²) in [5.74, 6) is -0.761. The summed E-state index contributed by atoms with van der Waals surface area (Å²) in [6.45, 7) is 5.67. The van der Waals surface area contributed by atoms with Gasteiger partial charge >= 0.3 is 5.97 Å². The smallest absolute Gasteiger partial charge is 0.341 e. The molecular weight excluding hydrogens is 483 g/mol. The quantitative estimate of drug-likeness (QED) is 0.326. The first-order valence-corrected chi connectivity index (χ1v) is 12.0. The van der Waals surface area contributed by atoms with Crippen LogP contribution in [0.4, 0.5) is 4.39 Å². The van der Waals surface area contributed by atoms with Crippen LogP contribution in [0.2, 0.25) is 5.02 Å². The van der Waals surface area contributed by atoms with Gasteiger partial charge in [0.25, 0.3) is 0 Å². The SMILES string of the molecule is C=C(C)[C@H]1C[C@H](c2ccc(Cl)cc2)[C@H](c2cccc(F)c2)O[C@@H]1c1ccc(OC)cc1OCC(=O)O. The van der Waals surface area contributed by atoms with E-state index >= 15 is 0 Å². The molecule has 1 fully saturated rings. The lowest BCUT2D eigenvalue weighted by atomic mass is 9.74. The molecule has 4 rings (SSSR count). The van der Waals surface area contributed by atoms with Crippen LogP contribution in [-0.4, -0.2) is 24.8 Å². The Labute approximate surface area is 215 Å². The van der Waals surface area contributed by atoms with E-state index in [2.05, 4.69) is 6.58 Å². The Morgan fingerprint density at radius 3 is 2.50 bits per heavy atom. The molecule has 0 bridgehead atoms. The number of ether oxygens (including phenoxy) is 3. The van der Waals surface area contributed by atoms with Gasteiger partial charge in [0.2, 0.25) is 0 Å². The second kappa shape index (κ2) is 11.1. The Bertz CT molecular complexity index is 1240. The summed E-state index contributed by atoms with van der Waals surface area (Å²) in [5.41, 5.74) is 3.33. The molecule has 188 valence electrons. The molecule has 7 heteroatoms. The van der Waals surface area contributed by atoms with Crippen LogP contribution >= 0.6 is 11.6 Å². The molecule has 0 spiro atoms. The van der Waals surface area contributed by atoms with Crippen molar-refractivity contribution in [1.82, 2.24) is 0 Å². The van der Waals surface area contributed by atoms with Crippen molar-refractivity contribution in [2.24, 2.45) is 5.92 Å². The third-order valence-corrected chi connectivity index (χ3v) is 6.77. The average molecular weight is 511 g/mol. The second-order valence-corrected chi connectivity index (χ2v) is 9.40. The molecular formula is C29H28ClFO5. The van der Waals surface area contributed by atoms with E-state index in [-0.39, 0.29) is 17.7 Å². The maximum absolute atomic E-state index is 14.3. The first kappa shape index (κ1) is 25.7. The highest BCUT2D eigenvalue weighted by Crippen LogP contribution is 2.53. The highest BCUT2D eigenvalue weighted by Gasteiger charge is 2.41. The van der Waals surface area contributed by atoms with Crippen LogP contribution in [0.1, 0.15) is 48.2 Å². The summed E-state index contributed by atoms with van der Waals surface area (Å²) in [4.78, 5) is 11.2. The van der Waals surface area contributed by atoms with Crippen LogP contribution in [0, 0.1) is 11.7 Å². The van der Waals surface area contributed by atoms with Gasteiger partial charge in [-0.05, 0) is 60.9 Å². The number of hydrogen-bond donors (Lipinski definition) is 1. The van der Waals surface area contributed by atoms with E-state index in [9.17, 15) is 14.3 Å². The van der Waals surface area contributed by atoms with E-state index in [0.717, 1.165) is 11.1 Å². The number of rotatable bonds is 8. The van der Waals surface area contributed by atoms with Crippen LogP contribution in [-0.2, 0) is 9.53 Å². The number of benzene rings is 3. The molecule has 0 aromatic heterocycles. The van der Waals surface area contributed by atoms with Crippen molar-refractivity contribution in [2.75, 3.05) is 13.7 Å². The van der Waals surface area contributed by atoms with Crippen LogP contribution in [0.5, 0.6) is 11.5 Å². The maximum Gasteiger partial charge on any atom is 0.341 e. The summed E-state index contributed by atoms with van der Waals surface area (Å²) in [6.07, 6.45) is -0.307. The Morgan fingerprint density at radius 1 is 1.11 bits per heavy atom. The minimum atomic E-state index is -1.09. The van der Waals surface area contributed by atoms with E-state index in [1.807, 2.05) is 43.3 Å². The molecule has 0 saturated carbocycles. The number of methoxy groups -OCH3 is 1. The Kier molecular flexibility index (Phi) is 7.97. The first-order valence-electron chi connectivity index (χ1n) is 11.6. The molecule has 1 N–H and O–H groups in total. The number of aliphatic carboxylic acids is 1. The lowest BCUT2D eigenvalue weighted by molar-refractivity contribution is -0.139. The minimum Gasteiger partial charge on any atom is -0.497 e. The average Bonchev–Trinajstić information content (AvgIpc) is 2.87. The van der Waals surface area contributed by atoms with Crippen molar-refractivity contribution in [3.8, 4) is 11.5 Å². The van der Waals surface area contributed by atoms with Crippen molar-refractivity contribution in [2.45, 2.75) is 31.5 Å². The summed E-state index contributed by atoms with van der Waals surface area (Å²) >= 11 is 6.14. The molecule has 0 unspecified atom stereocenters. The van der Waals surface area contributed by atoms with Gasteiger partial charge in [0.15, 0.2) is 6.61 Å². The number of hydrogen-bond acceptors (Lipinski definition) is 4. The third kappa shape index (κ3) is 5.72. The molecule has 1 heterocycles. The number of carboxylic acids is 1. The Balaban J connectivity index is 1.81. The highest BCUT2D eigenvalue weighted by atomic mass is 35.5. The Morgan fingerprint density at radius 2 is 1.86 bits per heavy atom. The van der Waals surface area contributed by atoms with Crippen molar-refractivity contribution >= 4 is 17.6 Å². The lowest BCUT2D eigenvalue weighted by Crippen LogP contribution is -2.32. The van der Waals surface area contributed by atoms with Gasteiger partial charge in [-0.1, -0.05) is 48.0 Å². The number of carboxylic acid groups (broad SMARTS) is 1. The standard InChI is InChI=1S/C29H28ClFO5/c1-17(2)24-15-25(18-7-9-20(30)10-8-18)28(19-5-4-6-21(31)13-19)36-29(24)23-12-11-22(34-3)14-26(23)35-16-27(32)33/h4-14,24-25,28-29H,1,15-16H2,2-3H3,(H,32,33)/t24-,25-,28+,29-/m1/s1. The first-order chi connectivity index (χ1) is 17.3. The minimum absolute atomic E-state index is 0.0938. The molecule has 4 atom stereocenters. The monoisotopic (exact) mass is 510 g/mol. The van der Waals surface area contributed by atoms with Gasteiger partial charge in [-0.25, -0.2) is 9.18 Å². The molecule has 1 aliphatic rings. The lowest BCUT2D eigenvalue weighted by Gasteiger charge is -2.43. The molecule has 1 aliphatic heterocycles. The normalized spacial score (nSPS) is 21.6. The van der Waals surface area contributed by atoms with Crippen molar-refractivity contribution in [3.63, 3.8) is 0 Å². The predicted molar refractivity (Wildman–Crippen MR) is 136 cm³/mol. The molecule has 0 amide bonds. The van der Waals surface area contributed by atoms with Gasteiger partial charge < -0.3 is 19.3 Å². The van der Waals surface area contributed by atoms with Gasteiger partial charge in [-0.2, -0.15) is 0 Å². The molecule has 3 aromatic rings. The zero-order valence-corrected chi connectivity index (χ0v) is 20.9. The molecule has 5 nitrogen and oxygen atoms in total. The van der Waals surface area contributed by atoms with Gasteiger partial charge in [0.05, 0.1) is 19.3 Å². The van der Waals surface area contributed by atoms with Crippen LogP contribution in [0.15, 0.2) is 78.9 Å². The van der Waals surface area contributed by atoms with Gasteiger partial charge in [0, 0.05) is 28.5 Å². The van der Waals surface area contributed by atoms with Gasteiger partial charge in [-0.15, -0.1) is 0 Å². The van der Waals surface area contributed by atoms with Crippen LogP contribution in [0.25, 0.3) is 0 Å². The predicted octanol–water partition coefficient (Wildman–Crippen LogP) is 7.13. The topological polar surface area (TPSA) is 65.0 Å². The third-order valence-electron chi connectivity index (χ3n) is 6.52. The summed E-state index contributed by atoms with van der Waals surface area (Å²) in [6, 6.07) is 19.3. The fraction of sp³-hybridized carbons (Fsp3) is 0.276. The van der Waals surface area contributed by atoms with Crippen LogP contribution in [0.3, 0.4) is 0 Å². The van der Waals surface area contributed by atoms with Gasteiger partial charge in [-0.3, -0.25) is 0 Å². The van der Waals surface area contributed by atoms with E-state index in [1.165, 1.54) is 19.2 Å². The second-order valence-electron chi connectivity index (χ2n) is 8.97. The fourth-order valence-electron chi connectivity index (χ4n) is 4.77. The van der Waals surface area contributed by atoms with Gasteiger partial charge in [0.1, 0.15) is 17.3 Å². The largest absolute Gasteiger partial charge is 0.497 e. The molecule has 0 aliphatic carbocycles. The molecule has 36 heavy (non-hydrogen) atoms. The highest BCUT2D eigenvalue weighted by molar-refractivity contribution is 6.30. The maximum atomic E-state index is 14.3. The van der Waals surface area contributed by atoms with E-state index in [4.69, 9.17) is 25.8 Å². The van der Waals surface area contributed by atoms with Crippen molar-refractivity contribution in [3.05, 3.63) is 106 Å². The zero-order valence-electron chi connectivity index (χ0n) is 20.1. The van der Waals surface area contributed by atoms with Crippen molar-refractivity contribution in [1.29, 1.82) is 0 Å². The summed E-state index contributed by atoms with van der Waals surface area (Å²) in [5, 5.41) is 9.82. The van der Waals surface area contributed by atoms with E-state index in [0.29, 0.717) is 34.1 Å². The summed E-state index contributed by atoms with van der Waals surface area (Å²) < 4.78 is 32.0. The fourth-order valence-corrected chi connectivity index (χ4v) is 4.90. The zero-order chi connectivity index (χ0) is 25.8.